The third-order valence-electron chi connectivity index (χ3n) is 5.26. The van der Waals surface area contributed by atoms with Crippen LogP contribution >= 0.6 is 0 Å². The number of hydrogen-bond acceptors (Lipinski definition) is 3. The van der Waals surface area contributed by atoms with Crippen LogP contribution in [0.4, 0.5) is 25.8 Å². The number of benzene rings is 2. The summed E-state index contributed by atoms with van der Waals surface area (Å²) in [5.41, 5.74) is 1.83. The van der Waals surface area contributed by atoms with Gasteiger partial charge in [0.25, 0.3) is 0 Å². The van der Waals surface area contributed by atoms with E-state index < -0.39 is 17.6 Å². The van der Waals surface area contributed by atoms with E-state index in [2.05, 4.69) is 10.2 Å². The Morgan fingerprint density at radius 1 is 1.04 bits per heavy atom. The summed E-state index contributed by atoms with van der Waals surface area (Å²) < 4.78 is 27.0. The van der Waals surface area contributed by atoms with Gasteiger partial charge in [0.05, 0.1) is 17.3 Å². The number of rotatable bonds is 4. The zero-order chi connectivity index (χ0) is 19.7. The summed E-state index contributed by atoms with van der Waals surface area (Å²) in [5.74, 6) is -2.67. The van der Waals surface area contributed by atoms with Crippen LogP contribution in [0.25, 0.3) is 0 Å². The molecule has 1 unspecified atom stereocenters. The highest BCUT2D eigenvalue weighted by Crippen LogP contribution is 2.31. The molecule has 4 rings (SSSR count). The number of nitrogens with one attached hydrogen (secondary N) is 1. The van der Waals surface area contributed by atoms with E-state index in [9.17, 15) is 18.4 Å². The fourth-order valence-electron chi connectivity index (χ4n) is 3.88. The van der Waals surface area contributed by atoms with Crippen molar-refractivity contribution in [3.8, 4) is 0 Å². The molecule has 0 radical (unpaired) electrons. The lowest BCUT2D eigenvalue weighted by Crippen LogP contribution is -2.29. The summed E-state index contributed by atoms with van der Waals surface area (Å²) in [6, 6.07) is 10.6. The molecule has 1 atom stereocenters. The zero-order valence-corrected chi connectivity index (χ0v) is 15.3. The van der Waals surface area contributed by atoms with Gasteiger partial charge >= 0.3 is 0 Å². The van der Waals surface area contributed by atoms with Gasteiger partial charge in [-0.1, -0.05) is 12.1 Å². The van der Waals surface area contributed by atoms with Crippen LogP contribution in [0.3, 0.4) is 0 Å². The molecule has 0 spiro atoms. The van der Waals surface area contributed by atoms with Crippen molar-refractivity contribution in [1.82, 2.24) is 0 Å². The van der Waals surface area contributed by atoms with Crippen molar-refractivity contribution in [3.63, 3.8) is 0 Å². The van der Waals surface area contributed by atoms with Crippen LogP contribution in [0, 0.1) is 17.6 Å². The molecule has 0 aromatic heterocycles. The first-order valence-electron chi connectivity index (χ1n) is 9.42. The van der Waals surface area contributed by atoms with Gasteiger partial charge < -0.3 is 15.1 Å². The van der Waals surface area contributed by atoms with Crippen LogP contribution in [0.5, 0.6) is 0 Å². The number of para-hydroxylation sites is 2. The van der Waals surface area contributed by atoms with Crippen molar-refractivity contribution >= 4 is 28.9 Å². The molecule has 2 aliphatic heterocycles. The summed E-state index contributed by atoms with van der Waals surface area (Å²) in [4.78, 5) is 28.6. The van der Waals surface area contributed by atoms with Gasteiger partial charge in [-0.3, -0.25) is 9.59 Å². The van der Waals surface area contributed by atoms with Crippen molar-refractivity contribution in [2.75, 3.05) is 34.8 Å². The minimum atomic E-state index is -0.754. The Balaban J connectivity index is 1.49. The molecule has 0 saturated carbocycles. The van der Waals surface area contributed by atoms with Gasteiger partial charge in [-0.05, 0) is 37.1 Å². The van der Waals surface area contributed by atoms with Gasteiger partial charge in [0.2, 0.25) is 11.8 Å². The zero-order valence-electron chi connectivity index (χ0n) is 15.3. The Hall–Kier alpha value is -2.96. The first-order chi connectivity index (χ1) is 13.5. The second-order valence-corrected chi connectivity index (χ2v) is 7.23. The molecule has 2 saturated heterocycles. The molecule has 2 fully saturated rings. The van der Waals surface area contributed by atoms with Gasteiger partial charge in [0.1, 0.15) is 11.6 Å². The molecular formula is C21H21F2N3O2. The minimum absolute atomic E-state index is 0.00977. The molecule has 2 aromatic carbocycles. The highest BCUT2D eigenvalue weighted by atomic mass is 19.1. The first kappa shape index (κ1) is 18.4. The average Bonchev–Trinajstić information content (AvgIpc) is 3.31. The molecule has 2 amide bonds. The number of hydrogen-bond donors (Lipinski definition) is 1. The number of carbonyl (C=O) groups excluding carboxylic acids is 2. The van der Waals surface area contributed by atoms with Crippen LogP contribution in [-0.2, 0) is 9.59 Å². The Morgan fingerprint density at radius 2 is 1.71 bits per heavy atom. The maximum Gasteiger partial charge on any atom is 0.229 e. The van der Waals surface area contributed by atoms with Crippen molar-refractivity contribution in [2.24, 2.45) is 5.92 Å². The Kier molecular flexibility index (Phi) is 4.98. The van der Waals surface area contributed by atoms with Crippen molar-refractivity contribution in [1.29, 1.82) is 0 Å². The highest BCUT2D eigenvalue weighted by molar-refractivity contribution is 6.04. The highest BCUT2D eigenvalue weighted by Gasteiger charge is 2.36. The molecular weight excluding hydrogens is 364 g/mol. The Labute approximate surface area is 161 Å². The quantitative estimate of drug-likeness (QED) is 0.876. The summed E-state index contributed by atoms with van der Waals surface area (Å²) >= 11 is 0. The van der Waals surface area contributed by atoms with Crippen molar-refractivity contribution in [2.45, 2.75) is 19.3 Å². The van der Waals surface area contributed by atoms with E-state index in [0.717, 1.165) is 55.5 Å². The van der Waals surface area contributed by atoms with Crippen LogP contribution in [0.2, 0.25) is 0 Å². The van der Waals surface area contributed by atoms with E-state index in [4.69, 9.17) is 0 Å². The number of nitrogens with zero attached hydrogens (tertiary/aromatic N) is 2. The summed E-state index contributed by atoms with van der Waals surface area (Å²) in [5, 5.41) is 2.94. The second kappa shape index (κ2) is 7.58. The lowest BCUT2D eigenvalue weighted by Gasteiger charge is -2.22. The molecule has 0 aliphatic carbocycles. The number of carbonyl (C=O) groups is 2. The van der Waals surface area contributed by atoms with E-state index in [1.807, 2.05) is 24.3 Å². The smallest absolute Gasteiger partial charge is 0.229 e. The van der Waals surface area contributed by atoms with E-state index in [1.54, 1.807) is 0 Å². The fourth-order valence-corrected chi connectivity index (χ4v) is 3.88. The normalized spacial score (nSPS) is 19.4. The Morgan fingerprint density at radius 3 is 2.43 bits per heavy atom. The third kappa shape index (κ3) is 3.69. The molecule has 7 heteroatoms. The predicted molar refractivity (Wildman–Crippen MR) is 103 cm³/mol. The van der Waals surface area contributed by atoms with Crippen LogP contribution in [0.1, 0.15) is 19.3 Å². The van der Waals surface area contributed by atoms with Gasteiger partial charge in [-0.2, -0.15) is 0 Å². The lowest BCUT2D eigenvalue weighted by atomic mass is 10.1. The molecule has 2 aromatic rings. The van der Waals surface area contributed by atoms with Crippen LogP contribution in [0.15, 0.2) is 42.5 Å². The second-order valence-electron chi connectivity index (χ2n) is 7.23. The molecule has 146 valence electrons. The number of amides is 2. The van der Waals surface area contributed by atoms with Crippen LogP contribution in [-0.4, -0.2) is 31.4 Å². The van der Waals surface area contributed by atoms with Crippen molar-refractivity contribution in [3.05, 3.63) is 54.1 Å². The average molecular weight is 385 g/mol. The van der Waals surface area contributed by atoms with Gasteiger partial charge in [0.15, 0.2) is 0 Å². The van der Waals surface area contributed by atoms with Crippen molar-refractivity contribution < 1.29 is 18.4 Å². The maximum atomic E-state index is 13.5. The standard InChI is InChI=1S/C21H21F2N3O2/c22-15-10-16(23)12-17(11-15)26-13-14(9-20(26)27)21(28)24-18-5-1-2-6-19(18)25-7-3-4-8-25/h1-2,5-6,10-12,14H,3-4,7-9,13H2,(H,24,28). The lowest BCUT2D eigenvalue weighted by molar-refractivity contribution is -0.122. The summed E-state index contributed by atoms with van der Waals surface area (Å²) in [6.45, 7) is 2.00. The molecule has 2 heterocycles. The predicted octanol–water partition coefficient (Wildman–Crippen LogP) is 3.56. The minimum Gasteiger partial charge on any atom is -0.370 e. The van der Waals surface area contributed by atoms with Gasteiger partial charge in [-0.25, -0.2) is 8.78 Å². The SMILES string of the molecule is O=C(Nc1ccccc1N1CCCC1)C1CC(=O)N(c2cc(F)cc(F)c2)C1. The van der Waals surface area contributed by atoms with E-state index in [0.29, 0.717) is 0 Å². The topological polar surface area (TPSA) is 52.7 Å². The molecule has 0 bridgehead atoms. The van der Waals surface area contributed by atoms with Gasteiger partial charge in [0, 0.05) is 37.8 Å². The van der Waals surface area contributed by atoms with Crippen LogP contribution < -0.4 is 15.1 Å². The molecule has 2 aliphatic rings. The largest absolute Gasteiger partial charge is 0.370 e. The molecule has 28 heavy (non-hydrogen) atoms. The fraction of sp³-hybridized carbons (Fsp3) is 0.333. The number of halogens is 2. The summed E-state index contributed by atoms with van der Waals surface area (Å²) in [6.07, 6.45) is 2.26. The molecule has 1 N–H and O–H groups in total. The third-order valence-corrected chi connectivity index (χ3v) is 5.26. The van der Waals surface area contributed by atoms with E-state index in [1.165, 1.54) is 4.90 Å². The first-order valence-corrected chi connectivity index (χ1v) is 9.42. The molecule has 5 nitrogen and oxygen atoms in total. The monoisotopic (exact) mass is 385 g/mol. The number of anilines is 3. The Bertz CT molecular complexity index is 892. The van der Waals surface area contributed by atoms with E-state index >= 15 is 0 Å². The van der Waals surface area contributed by atoms with E-state index in [-0.39, 0.29) is 30.5 Å². The maximum absolute atomic E-state index is 13.5. The van der Waals surface area contributed by atoms with Gasteiger partial charge in [-0.15, -0.1) is 0 Å². The summed E-state index contributed by atoms with van der Waals surface area (Å²) in [7, 11) is 0.